The summed E-state index contributed by atoms with van der Waals surface area (Å²) in [5.41, 5.74) is 0. The first kappa shape index (κ1) is 15.0. The van der Waals surface area contributed by atoms with Gasteiger partial charge >= 0.3 is 51.4 Å². The van der Waals surface area contributed by atoms with Crippen LogP contribution in [0.2, 0.25) is 39.3 Å². The van der Waals surface area contributed by atoms with Crippen molar-refractivity contribution in [1.29, 1.82) is 0 Å². The van der Waals surface area contributed by atoms with Crippen LogP contribution in [0.25, 0.3) is 0 Å². The molecule has 0 aliphatic rings. The molecule has 0 spiro atoms. The molecule has 56 valence electrons. The number of hydrogen-bond donors (Lipinski definition) is 0. The molecule has 10 heavy (non-hydrogen) atoms. The van der Waals surface area contributed by atoms with Crippen molar-refractivity contribution in [3.63, 3.8) is 0 Å². The average molecular weight is 216 g/mol. The van der Waals surface area contributed by atoms with Gasteiger partial charge in [0, 0.05) is 0 Å². The monoisotopic (exact) mass is 216 g/mol. The second-order valence-electron chi connectivity index (χ2n) is 4.45. The van der Waals surface area contributed by atoms with E-state index in [0.717, 1.165) is 0 Å². The van der Waals surface area contributed by atoms with Crippen LogP contribution in [0.15, 0.2) is 0 Å². The molecule has 0 fully saturated rings. The Morgan fingerprint density at radius 3 is 0.900 bits per heavy atom. The third-order valence-corrected chi connectivity index (χ3v) is 18.1. The van der Waals surface area contributed by atoms with Gasteiger partial charge in [0.2, 0.25) is 0 Å². The van der Waals surface area contributed by atoms with Gasteiger partial charge in [0.1, 0.15) is 0 Å². The molecule has 0 aromatic carbocycles. The maximum absolute atomic E-state index is 2.45. The minimum Gasteiger partial charge on any atom is -0.542 e. The van der Waals surface area contributed by atoms with Crippen molar-refractivity contribution in [2.75, 3.05) is 0 Å². The zero-order valence-corrected chi connectivity index (χ0v) is 14.5. The summed E-state index contributed by atoms with van der Waals surface area (Å²) in [7, 11) is 0.293. The van der Waals surface area contributed by atoms with Crippen LogP contribution in [0.4, 0.5) is 0 Å². The molecule has 0 aliphatic carbocycles. The fourth-order valence-electron chi connectivity index (χ4n) is 1.01. The molecule has 0 N–H and O–H groups in total. The van der Waals surface area contributed by atoms with E-state index in [0.29, 0.717) is 0 Å². The second-order valence-corrected chi connectivity index (χ2v) is 24.1. The normalized spacial score (nSPS) is 12.6. The molecule has 0 saturated carbocycles. The van der Waals surface area contributed by atoms with E-state index in [-0.39, 0.29) is 51.4 Å². The summed E-state index contributed by atoms with van der Waals surface area (Å²) < 4.78 is 0. The van der Waals surface area contributed by atoms with Gasteiger partial charge in [0.25, 0.3) is 0 Å². The predicted molar refractivity (Wildman–Crippen MR) is 53.6 cm³/mol. The molecule has 0 atom stereocenters. The summed E-state index contributed by atoms with van der Waals surface area (Å²) in [6.07, 6.45) is 0. The summed E-state index contributed by atoms with van der Waals surface area (Å²) in [4.78, 5) is 0. The van der Waals surface area contributed by atoms with Gasteiger partial charge in [-0.2, -0.15) is 0 Å². The van der Waals surface area contributed by atoms with Crippen LogP contribution in [0, 0.1) is 0 Å². The van der Waals surface area contributed by atoms with Crippen LogP contribution < -0.4 is 51.4 Å². The van der Waals surface area contributed by atoms with Crippen LogP contribution in [-0.4, -0.2) is 15.5 Å². The fraction of sp³-hybridized carbons (Fsp3) is 1.00. The van der Waals surface area contributed by atoms with Gasteiger partial charge in [0.05, 0.1) is 0 Å². The van der Waals surface area contributed by atoms with Gasteiger partial charge in [-0.15, -0.1) is 15.5 Å². The van der Waals surface area contributed by atoms with E-state index in [4.69, 9.17) is 0 Å². The van der Waals surface area contributed by atoms with Crippen LogP contribution in [0.1, 0.15) is 0 Å². The minimum atomic E-state index is -0.759. The van der Waals surface area contributed by atoms with Crippen LogP contribution >= 0.6 is 7.68 Å². The Labute approximate surface area is 112 Å². The summed E-state index contributed by atoms with van der Waals surface area (Å²) in [5.74, 6) is 0. The Hall–Kier alpha value is 2.50. The van der Waals surface area contributed by atoms with E-state index in [1.54, 1.807) is 0 Å². The van der Waals surface area contributed by atoms with E-state index < -0.39 is 15.5 Å². The van der Waals surface area contributed by atoms with E-state index in [1.165, 1.54) is 0 Å². The molecule has 0 nitrogen and oxygen atoms in total. The van der Waals surface area contributed by atoms with Gasteiger partial charge < -0.3 is 7.68 Å². The predicted octanol–water partition coefficient (Wildman–Crippen LogP) is 0.606. The van der Waals surface area contributed by atoms with Crippen LogP contribution in [-0.2, 0) is 0 Å². The van der Waals surface area contributed by atoms with Crippen molar-refractivity contribution < 1.29 is 51.4 Å². The van der Waals surface area contributed by atoms with E-state index >= 15 is 0 Å². The first-order valence-corrected chi connectivity index (χ1v) is 13.0. The maximum Gasteiger partial charge on any atom is 1.00 e. The first-order valence-electron chi connectivity index (χ1n) is 3.45. The molecule has 0 rings (SSSR count). The van der Waals surface area contributed by atoms with Gasteiger partial charge in [-0.1, -0.05) is 39.3 Å². The van der Waals surface area contributed by atoms with Crippen molar-refractivity contribution in [3.05, 3.63) is 0 Å². The van der Waals surface area contributed by atoms with Crippen molar-refractivity contribution in [2.45, 2.75) is 39.3 Å². The third kappa shape index (κ3) is 13.1. The summed E-state index contributed by atoms with van der Waals surface area (Å²) in [5, 5.41) is 0. The standard InChI is InChI=1S/C6H18PSi2.K/c1-8(2,3)7-9(4,5)6;/h1-6H3;/q-1;+1. The van der Waals surface area contributed by atoms with E-state index in [1.807, 2.05) is 7.68 Å². The SMILES string of the molecule is C[Si](C)(C)[P-][Si](C)(C)C.[K+]. The molecule has 0 saturated heterocycles. The molecule has 0 aliphatic heterocycles. The van der Waals surface area contributed by atoms with E-state index in [2.05, 4.69) is 39.3 Å². The largest absolute Gasteiger partial charge is 1.00 e. The maximum atomic E-state index is 2.45. The molecule has 4 heteroatoms. The summed E-state index contributed by atoms with van der Waals surface area (Å²) in [6, 6.07) is 0. The summed E-state index contributed by atoms with van der Waals surface area (Å²) in [6.45, 7) is 14.7. The molecule has 0 amide bonds. The molecule has 0 aromatic rings. The molecule has 0 bridgehead atoms. The smallest absolute Gasteiger partial charge is 0.542 e. The van der Waals surface area contributed by atoms with Crippen LogP contribution in [0.3, 0.4) is 0 Å². The van der Waals surface area contributed by atoms with Crippen molar-refractivity contribution >= 4 is 23.2 Å². The van der Waals surface area contributed by atoms with Gasteiger partial charge in [0.15, 0.2) is 0 Å². The molecule has 0 unspecified atom stereocenters. The number of hydrogen-bond acceptors (Lipinski definition) is 0. The topological polar surface area (TPSA) is 0 Å². The van der Waals surface area contributed by atoms with Crippen molar-refractivity contribution in [3.8, 4) is 0 Å². The van der Waals surface area contributed by atoms with E-state index in [9.17, 15) is 0 Å². The van der Waals surface area contributed by atoms with Gasteiger partial charge in [-0.3, -0.25) is 0 Å². The quantitative estimate of drug-likeness (QED) is 0.469. The fourth-order valence-corrected chi connectivity index (χ4v) is 27.2. The van der Waals surface area contributed by atoms with Gasteiger partial charge in [-0.05, 0) is 0 Å². The average Bonchev–Trinajstić information content (AvgIpc) is 1.14. The van der Waals surface area contributed by atoms with Crippen molar-refractivity contribution in [2.24, 2.45) is 0 Å². The molecular formula is C6H18KPSi2. The van der Waals surface area contributed by atoms with Crippen LogP contribution in [0.5, 0.6) is 0 Å². The Morgan fingerprint density at radius 2 is 0.900 bits per heavy atom. The zero-order valence-electron chi connectivity index (χ0n) is 8.45. The first-order chi connectivity index (χ1) is 3.71. The Bertz CT molecular complexity index is 80.9. The molecule has 0 radical (unpaired) electrons. The van der Waals surface area contributed by atoms with Crippen molar-refractivity contribution in [1.82, 2.24) is 0 Å². The Morgan fingerprint density at radius 1 is 0.700 bits per heavy atom. The molecule has 0 aromatic heterocycles. The minimum absolute atomic E-state index is 0. The Balaban J connectivity index is 0. The second kappa shape index (κ2) is 5.28. The molecular weight excluding hydrogens is 198 g/mol. The summed E-state index contributed by atoms with van der Waals surface area (Å²) >= 11 is 0. The molecule has 0 heterocycles. The Kier molecular flexibility index (Phi) is 7.91. The van der Waals surface area contributed by atoms with Gasteiger partial charge in [-0.25, -0.2) is 0 Å². The number of rotatable bonds is 2. The zero-order chi connectivity index (χ0) is 7.71. The third-order valence-electron chi connectivity index (χ3n) is 0.671.